The predicted octanol–water partition coefficient (Wildman–Crippen LogP) is 6.77. The van der Waals surface area contributed by atoms with E-state index in [0.29, 0.717) is 39.6 Å². The third-order valence-electron chi connectivity index (χ3n) is 8.30. The maximum atomic E-state index is 15.2. The maximum absolute atomic E-state index is 15.2. The zero-order valence-electron chi connectivity index (χ0n) is 27.9. The lowest BCUT2D eigenvalue weighted by Crippen LogP contribution is -2.45. The van der Waals surface area contributed by atoms with Crippen LogP contribution in [-0.4, -0.2) is 54.5 Å². The van der Waals surface area contributed by atoms with Crippen molar-refractivity contribution in [2.75, 3.05) is 19.0 Å². The Kier molecular flexibility index (Phi) is 11.5. The summed E-state index contributed by atoms with van der Waals surface area (Å²) in [4.78, 5) is 40.1. The van der Waals surface area contributed by atoms with Crippen molar-refractivity contribution in [2.45, 2.75) is 64.9 Å². The SMILES string of the molecule is CC[C@@H](Nc1cc(F)c(C(=O)N[C@@H](Cc2ccc(-c3c(C)cc(C)n(C)c3=O)c3ccccc23)C(=O)O[C@H](C)COC)c(F)c1)C(F)(F)F. The number of aryl methyl sites for hydroxylation is 2. The summed E-state index contributed by atoms with van der Waals surface area (Å²) in [5, 5.41) is 5.75. The smallest absolute Gasteiger partial charge is 0.408 e. The van der Waals surface area contributed by atoms with Gasteiger partial charge >= 0.3 is 12.1 Å². The van der Waals surface area contributed by atoms with Gasteiger partial charge in [0.05, 0.1) is 12.2 Å². The molecule has 3 atom stereocenters. The molecule has 1 amide bonds. The molecule has 0 unspecified atom stereocenters. The summed E-state index contributed by atoms with van der Waals surface area (Å²) < 4.78 is 82.1. The number of ether oxygens (including phenoxy) is 2. The fourth-order valence-corrected chi connectivity index (χ4v) is 5.75. The lowest BCUT2D eigenvalue weighted by molar-refractivity contribution is -0.152. The van der Waals surface area contributed by atoms with Crippen LogP contribution in [0.4, 0.5) is 27.6 Å². The van der Waals surface area contributed by atoms with Crippen LogP contribution in [0.25, 0.3) is 21.9 Å². The number of aromatic nitrogens is 1. The van der Waals surface area contributed by atoms with E-state index >= 15 is 8.78 Å². The monoisotopic (exact) mass is 687 g/mol. The Morgan fingerprint density at radius 2 is 1.61 bits per heavy atom. The predicted molar refractivity (Wildman–Crippen MR) is 177 cm³/mol. The highest BCUT2D eigenvalue weighted by molar-refractivity contribution is 6.00. The van der Waals surface area contributed by atoms with Crippen LogP contribution in [0.1, 0.15) is 47.4 Å². The first-order valence-electron chi connectivity index (χ1n) is 15.6. The van der Waals surface area contributed by atoms with Crippen molar-refractivity contribution in [3.8, 4) is 11.1 Å². The summed E-state index contributed by atoms with van der Waals surface area (Å²) in [6.07, 6.45) is -6.00. The zero-order chi connectivity index (χ0) is 36.2. The number of alkyl halides is 3. The van der Waals surface area contributed by atoms with Gasteiger partial charge in [-0.25, -0.2) is 13.6 Å². The molecule has 0 radical (unpaired) electrons. The van der Waals surface area contributed by atoms with Gasteiger partial charge in [0.1, 0.15) is 35.4 Å². The van der Waals surface area contributed by atoms with E-state index in [2.05, 4.69) is 5.32 Å². The van der Waals surface area contributed by atoms with Gasteiger partial charge in [0.2, 0.25) is 0 Å². The van der Waals surface area contributed by atoms with Crippen LogP contribution < -0.4 is 16.2 Å². The molecule has 1 heterocycles. The van der Waals surface area contributed by atoms with Crippen LogP contribution in [0.3, 0.4) is 0 Å². The van der Waals surface area contributed by atoms with Gasteiger partial charge < -0.3 is 24.7 Å². The number of pyridine rings is 1. The summed E-state index contributed by atoms with van der Waals surface area (Å²) in [6.45, 7) is 6.52. The molecule has 49 heavy (non-hydrogen) atoms. The molecule has 0 aliphatic heterocycles. The lowest BCUT2D eigenvalue weighted by atomic mass is 9.91. The number of benzene rings is 3. The first-order valence-corrected chi connectivity index (χ1v) is 15.6. The maximum Gasteiger partial charge on any atom is 0.408 e. The highest BCUT2D eigenvalue weighted by Crippen LogP contribution is 2.32. The second kappa shape index (κ2) is 15.2. The Hall–Kier alpha value is -4.78. The van der Waals surface area contributed by atoms with E-state index in [1.807, 2.05) is 31.3 Å². The molecule has 0 fully saturated rings. The van der Waals surface area contributed by atoms with Gasteiger partial charge in [-0.1, -0.05) is 43.3 Å². The first-order chi connectivity index (χ1) is 23.1. The number of carbonyl (C=O) groups is 2. The molecular weight excluding hydrogens is 649 g/mol. The van der Waals surface area contributed by atoms with Crippen molar-refractivity contribution in [1.82, 2.24) is 9.88 Å². The standard InChI is InChI=1S/C36H38F5N3O5/c1-7-30(36(39,40)41)42-23-16-27(37)32(28(38)17-23)33(45)43-29(35(47)49-21(4)18-48-6)15-22-12-13-26(25-11-9-8-10-24(22)25)31-19(2)14-20(3)44(5)34(31)46/h8-14,16-17,21,29-30,42H,7,15,18H2,1-6H3,(H,43,45)/t21-,29+,30-/m1/s1. The number of hydrogen-bond acceptors (Lipinski definition) is 6. The number of fused-ring (bicyclic) bond motifs is 1. The number of nitrogens with zero attached hydrogens (tertiary/aromatic N) is 1. The average molecular weight is 688 g/mol. The quantitative estimate of drug-likeness (QED) is 0.126. The summed E-state index contributed by atoms with van der Waals surface area (Å²) in [5.74, 6) is -5.08. The third kappa shape index (κ3) is 8.27. The minimum Gasteiger partial charge on any atom is -0.459 e. The summed E-state index contributed by atoms with van der Waals surface area (Å²) in [7, 11) is 3.09. The topological polar surface area (TPSA) is 98.7 Å². The van der Waals surface area contributed by atoms with Gasteiger partial charge in [0, 0.05) is 32.0 Å². The number of nitrogens with one attached hydrogen (secondary N) is 2. The normalized spacial score (nSPS) is 13.5. The summed E-state index contributed by atoms with van der Waals surface area (Å²) >= 11 is 0. The van der Waals surface area contributed by atoms with Gasteiger partial charge in [-0.05, 0) is 72.9 Å². The van der Waals surface area contributed by atoms with Gasteiger partial charge in [-0.2, -0.15) is 13.2 Å². The van der Waals surface area contributed by atoms with E-state index in [-0.39, 0.29) is 18.6 Å². The van der Waals surface area contributed by atoms with E-state index in [0.717, 1.165) is 11.3 Å². The molecule has 0 saturated heterocycles. The highest BCUT2D eigenvalue weighted by Gasteiger charge is 2.38. The molecule has 0 aliphatic carbocycles. The van der Waals surface area contributed by atoms with E-state index in [1.54, 1.807) is 48.9 Å². The molecule has 13 heteroatoms. The molecule has 262 valence electrons. The van der Waals surface area contributed by atoms with Gasteiger partial charge in [-0.15, -0.1) is 0 Å². The fourth-order valence-electron chi connectivity index (χ4n) is 5.75. The van der Waals surface area contributed by atoms with Crippen molar-refractivity contribution in [3.63, 3.8) is 0 Å². The summed E-state index contributed by atoms with van der Waals surface area (Å²) in [6, 6.07) is 10.2. The van der Waals surface area contributed by atoms with Crippen LogP contribution in [0.2, 0.25) is 0 Å². The number of esters is 1. The number of methoxy groups -OCH3 is 1. The molecule has 0 spiro atoms. The van der Waals surface area contributed by atoms with Gasteiger partial charge in [0.15, 0.2) is 0 Å². The van der Waals surface area contributed by atoms with E-state index in [9.17, 15) is 27.6 Å². The number of anilines is 1. The van der Waals surface area contributed by atoms with Crippen LogP contribution in [0.5, 0.6) is 0 Å². The molecule has 8 nitrogen and oxygen atoms in total. The largest absolute Gasteiger partial charge is 0.459 e. The zero-order valence-corrected chi connectivity index (χ0v) is 27.9. The Balaban J connectivity index is 1.73. The highest BCUT2D eigenvalue weighted by atomic mass is 19.4. The average Bonchev–Trinajstić information content (AvgIpc) is 3.02. The Bertz CT molecular complexity index is 1900. The van der Waals surface area contributed by atoms with Crippen molar-refractivity contribution in [2.24, 2.45) is 7.05 Å². The van der Waals surface area contributed by atoms with Crippen molar-refractivity contribution in [1.29, 1.82) is 0 Å². The van der Waals surface area contributed by atoms with Crippen molar-refractivity contribution in [3.05, 3.63) is 99.0 Å². The minimum absolute atomic E-state index is 0.0310. The molecule has 3 aromatic carbocycles. The molecular formula is C36H38F5N3O5. The Morgan fingerprint density at radius 3 is 2.20 bits per heavy atom. The van der Waals surface area contributed by atoms with Crippen LogP contribution in [0, 0.1) is 25.5 Å². The summed E-state index contributed by atoms with van der Waals surface area (Å²) in [5.41, 5.74) is 1.49. The van der Waals surface area contributed by atoms with Crippen molar-refractivity contribution < 1.29 is 41.0 Å². The number of carbonyl (C=O) groups excluding carboxylic acids is 2. The van der Waals surface area contributed by atoms with Crippen LogP contribution in [-0.2, 0) is 27.7 Å². The second-order valence-electron chi connectivity index (χ2n) is 11.9. The van der Waals surface area contributed by atoms with E-state index in [1.165, 1.54) is 14.0 Å². The molecule has 0 bridgehead atoms. The number of halogens is 5. The van der Waals surface area contributed by atoms with E-state index in [4.69, 9.17) is 9.47 Å². The molecule has 4 aromatic rings. The minimum atomic E-state index is -4.68. The Morgan fingerprint density at radius 1 is 0.980 bits per heavy atom. The van der Waals surface area contributed by atoms with Gasteiger partial charge in [-0.3, -0.25) is 9.59 Å². The molecule has 0 saturated carbocycles. The number of amides is 1. The number of hydrogen-bond donors (Lipinski definition) is 2. The molecule has 2 N–H and O–H groups in total. The fraction of sp³-hybridized carbons (Fsp3) is 0.361. The Labute approximate surface area is 280 Å². The lowest BCUT2D eigenvalue weighted by Gasteiger charge is -2.23. The first kappa shape index (κ1) is 37.0. The van der Waals surface area contributed by atoms with Crippen LogP contribution >= 0.6 is 0 Å². The second-order valence-corrected chi connectivity index (χ2v) is 11.9. The third-order valence-corrected chi connectivity index (χ3v) is 8.30. The van der Waals surface area contributed by atoms with E-state index < -0.39 is 65.5 Å². The number of rotatable bonds is 12. The van der Waals surface area contributed by atoms with Crippen molar-refractivity contribution >= 4 is 28.3 Å². The molecule has 0 aliphatic rings. The van der Waals surface area contributed by atoms with Crippen LogP contribution in [0.15, 0.2) is 59.4 Å². The molecule has 1 aromatic heterocycles. The molecule has 4 rings (SSSR count). The van der Waals surface area contributed by atoms with Gasteiger partial charge in [0.25, 0.3) is 11.5 Å².